The summed E-state index contributed by atoms with van der Waals surface area (Å²) in [5.74, 6) is 1.29. The van der Waals surface area contributed by atoms with Crippen LogP contribution in [-0.4, -0.2) is 41.3 Å². The van der Waals surface area contributed by atoms with Gasteiger partial charge < -0.3 is 10.2 Å². The van der Waals surface area contributed by atoms with E-state index < -0.39 is 0 Å². The van der Waals surface area contributed by atoms with Gasteiger partial charge in [0.05, 0.1) is 0 Å². The van der Waals surface area contributed by atoms with Crippen molar-refractivity contribution in [3.8, 4) is 0 Å². The smallest absolute Gasteiger partial charge is 0.223 e. The minimum absolute atomic E-state index is 0.145. The first-order chi connectivity index (χ1) is 13.7. The summed E-state index contributed by atoms with van der Waals surface area (Å²) in [5.41, 5.74) is 1.18. The van der Waals surface area contributed by atoms with Gasteiger partial charge in [0, 0.05) is 50.3 Å². The van der Waals surface area contributed by atoms with E-state index in [2.05, 4.69) is 15.2 Å². The molecule has 2 saturated carbocycles. The number of hydrogen-bond acceptors (Lipinski definition) is 3. The van der Waals surface area contributed by atoms with E-state index in [4.69, 9.17) is 0 Å². The van der Waals surface area contributed by atoms with Gasteiger partial charge in [-0.3, -0.25) is 14.6 Å². The molecule has 2 heterocycles. The highest BCUT2D eigenvalue weighted by atomic mass is 16.2. The molecule has 3 aliphatic rings. The zero-order valence-electron chi connectivity index (χ0n) is 16.9. The molecule has 5 heteroatoms. The van der Waals surface area contributed by atoms with E-state index in [1.807, 2.05) is 18.2 Å². The maximum absolute atomic E-state index is 12.6. The molecule has 1 N–H and O–H groups in total. The number of amides is 2. The number of nitrogens with zero attached hydrogens (tertiary/aromatic N) is 2. The first kappa shape index (κ1) is 19.4. The molecular formula is C23H33N3O2. The van der Waals surface area contributed by atoms with Gasteiger partial charge in [-0.1, -0.05) is 25.3 Å². The third kappa shape index (κ3) is 4.56. The van der Waals surface area contributed by atoms with Gasteiger partial charge in [0.1, 0.15) is 0 Å². The zero-order valence-corrected chi connectivity index (χ0v) is 16.9. The Morgan fingerprint density at radius 2 is 1.93 bits per heavy atom. The van der Waals surface area contributed by atoms with Crippen LogP contribution in [0.1, 0.15) is 63.5 Å². The fourth-order valence-electron chi connectivity index (χ4n) is 5.22. The van der Waals surface area contributed by atoms with Gasteiger partial charge in [0.25, 0.3) is 0 Å². The molecule has 0 radical (unpaired) electrons. The predicted octanol–water partition coefficient (Wildman–Crippen LogP) is 3.34. The molecule has 1 spiro atoms. The first-order valence-corrected chi connectivity index (χ1v) is 11.1. The minimum Gasteiger partial charge on any atom is -0.355 e. The van der Waals surface area contributed by atoms with E-state index in [1.165, 1.54) is 32.1 Å². The average Bonchev–Trinajstić information content (AvgIpc) is 3.43. The van der Waals surface area contributed by atoms with Crippen LogP contribution in [0.3, 0.4) is 0 Å². The molecule has 1 aromatic rings. The van der Waals surface area contributed by atoms with Crippen LogP contribution in [-0.2, 0) is 16.0 Å². The van der Waals surface area contributed by atoms with Gasteiger partial charge in [0.15, 0.2) is 0 Å². The maximum Gasteiger partial charge on any atom is 0.223 e. The SMILES string of the molecule is O=C(NCCc1ccccn1)C1CC12CCN(C(=O)CC1CCCCC1)CC2. The Morgan fingerprint density at radius 3 is 2.64 bits per heavy atom. The lowest BCUT2D eigenvalue weighted by atomic mass is 9.86. The van der Waals surface area contributed by atoms with Gasteiger partial charge in [-0.15, -0.1) is 0 Å². The van der Waals surface area contributed by atoms with Crippen LogP contribution >= 0.6 is 0 Å². The van der Waals surface area contributed by atoms with Crippen molar-refractivity contribution in [2.24, 2.45) is 17.3 Å². The summed E-state index contributed by atoms with van der Waals surface area (Å²) < 4.78 is 0. The molecule has 152 valence electrons. The number of rotatable bonds is 6. The Hall–Kier alpha value is -1.91. The largest absolute Gasteiger partial charge is 0.355 e. The van der Waals surface area contributed by atoms with Crippen molar-refractivity contribution < 1.29 is 9.59 Å². The molecule has 1 unspecified atom stereocenters. The van der Waals surface area contributed by atoms with E-state index in [0.717, 1.165) is 50.9 Å². The van der Waals surface area contributed by atoms with Crippen molar-refractivity contribution in [1.29, 1.82) is 0 Å². The molecule has 0 aromatic carbocycles. The fourth-order valence-corrected chi connectivity index (χ4v) is 5.22. The van der Waals surface area contributed by atoms with Gasteiger partial charge in [-0.2, -0.15) is 0 Å². The standard InChI is InChI=1S/C23H33N3O2/c27-21(16-18-6-2-1-3-7-18)26-14-10-23(11-15-26)17-20(23)22(28)25-13-9-19-8-4-5-12-24-19/h4-5,8,12,18,20H,1-3,6-7,9-11,13-17H2,(H,25,28). The maximum atomic E-state index is 12.6. The highest BCUT2D eigenvalue weighted by Crippen LogP contribution is 2.59. The molecule has 1 aliphatic heterocycles. The number of carbonyl (C=O) groups is 2. The third-order valence-electron chi connectivity index (χ3n) is 7.21. The Labute approximate surface area is 168 Å². The highest BCUT2D eigenvalue weighted by molar-refractivity contribution is 5.83. The van der Waals surface area contributed by atoms with Gasteiger partial charge in [-0.25, -0.2) is 0 Å². The lowest BCUT2D eigenvalue weighted by molar-refractivity contribution is -0.134. The summed E-state index contributed by atoms with van der Waals surface area (Å²) in [6.45, 7) is 2.32. The van der Waals surface area contributed by atoms with Crippen molar-refractivity contribution in [2.75, 3.05) is 19.6 Å². The molecule has 1 saturated heterocycles. The van der Waals surface area contributed by atoms with Crippen molar-refractivity contribution in [1.82, 2.24) is 15.2 Å². The van der Waals surface area contributed by atoms with Crippen LogP contribution in [0, 0.1) is 17.3 Å². The monoisotopic (exact) mass is 383 g/mol. The number of likely N-dealkylation sites (tertiary alicyclic amines) is 1. The molecule has 2 amide bonds. The molecule has 1 atom stereocenters. The molecule has 4 rings (SSSR count). The number of aromatic nitrogens is 1. The highest BCUT2D eigenvalue weighted by Gasteiger charge is 2.58. The Bertz CT molecular complexity index is 676. The van der Waals surface area contributed by atoms with Crippen molar-refractivity contribution in [2.45, 2.75) is 64.2 Å². The number of piperidine rings is 1. The van der Waals surface area contributed by atoms with Crippen LogP contribution in [0.25, 0.3) is 0 Å². The topological polar surface area (TPSA) is 62.3 Å². The molecular weight excluding hydrogens is 350 g/mol. The summed E-state index contributed by atoms with van der Waals surface area (Å²) in [6.07, 6.45) is 12.6. The summed E-state index contributed by atoms with van der Waals surface area (Å²) in [4.78, 5) is 31.5. The second-order valence-electron chi connectivity index (χ2n) is 9.07. The van der Waals surface area contributed by atoms with Crippen LogP contribution in [0.4, 0.5) is 0 Å². The van der Waals surface area contributed by atoms with Crippen LogP contribution in [0.2, 0.25) is 0 Å². The van der Waals surface area contributed by atoms with E-state index in [-0.39, 0.29) is 17.2 Å². The van der Waals surface area contributed by atoms with Crippen LogP contribution in [0.5, 0.6) is 0 Å². The molecule has 0 bridgehead atoms. The first-order valence-electron chi connectivity index (χ1n) is 11.1. The zero-order chi connectivity index (χ0) is 19.4. The Morgan fingerprint density at radius 1 is 1.14 bits per heavy atom. The fraction of sp³-hybridized carbons (Fsp3) is 0.696. The normalized spacial score (nSPS) is 24.1. The molecule has 1 aromatic heterocycles. The summed E-state index contributed by atoms with van der Waals surface area (Å²) in [7, 11) is 0. The average molecular weight is 384 g/mol. The van der Waals surface area contributed by atoms with E-state index >= 15 is 0 Å². The number of carbonyl (C=O) groups excluding carboxylic acids is 2. The lowest BCUT2D eigenvalue weighted by Crippen LogP contribution is -2.41. The van der Waals surface area contributed by atoms with Gasteiger partial charge >= 0.3 is 0 Å². The molecule has 3 fully saturated rings. The second-order valence-corrected chi connectivity index (χ2v) is 9.07. The number of hydrogen-bond donors (Lipinski definition) is 1. The summed E-state index contributed by atoms with van der Waals surface area (Å²) >= 11 is 0. The van der Waals surface area contributed by atoms with Crippen LogP contribution in [0.15, 0.2) is 24.4 Å². The van der Waals surface area contributed by atoms with Crippen molar-refractivity contribution in [3.05, 3.63) is 30.1 Å². The second kappa shape index (κ2) is 8.62. The van der Waals surface area contributed by atoms with E-state index in [9.17, 15) is 9.59 Å². The van der Waals surface area contributed by atoms with Crippen molar-refractivity contribution in [3.63, 3.8) is 0 Å². The number of nitrogens with one attached hydrogen (secondary N) is 1. The minimum atomic E-state index is 0.145. The van der Waals surface area contributed by atoms with Gasteiger partial charge in [0.2, 0.25) is 11.8 Å². The molecule has 28 heavy (non-hydrogen) atoms. The van der Waals surface area contributed by atoms with E-state index in [1.54, 1.807) is 6.20 Å². The van der Waals surface area contributed by atoms with E-state index in [0.29, 0.717) is 18.4 Å². The third-order valence-corrected chi connectivity index (χ3v) is 7.21. The van der Waals surface area contributed by atoms with Gasteiger partial charge in [-0.05, 0) is 55.6 Å². The summed E-state index contributed by atoms with van der Waals surface area (Å²) in [5, 5.41) is 3.09. The molecule has 5 nitrogen and oxygen atoms in total. The number of pyridine rings is 1. The lowest BCUT2D eigenvalue weighted by Gasteiger charge is -2.34. The molecule has 2 aliphatic carbocycles. The Kier molecular flexibility index (Phi) is 5.98. The summed E-state index contributed by atoms with van der Waals surface area (Å²) in [6, 6.07) is 5.87. The Balaban J connectivity index is 1.17. The quantitative estimate of drug-likeness (QED) is 0.819. The van der Waals surface area contributed by atoms with Crippen molar-refractivity contribution >= 4 is 11.8 Å². The predicted molar refractivity (Wildman–Crippen MR) is 108 cm³/mol. The van der Waals surface area contributed by atoms with Crippen LogP contribution < -0.4 is 5.32 Å².